The van der Waals surface area contributed by atoms with E-state index in [2.05, 4.69) is 121 Å². The lowest BCUT2D eigenvalue weighted by Gasteiger charge is -2.46. The topological polar surface area (TPSA) is 71.7 Å². The Labute approximate surface area is 338 Å². The summed E-state index contributed by atoms with van der Waals surface area (Å²) < 4.78 is 6.97. The molecule has 0 spiro atoms. The lowest BCUT2D eigenvalue weighted by Crippen LogP contribution is -2.12. The highest BCUT2D eigenvalue weighted by Gasteiger charge is 2.41. The second kappa shape index (κ2) is 14.8. The van der Waals surface area contributed by atoms with Crippen LogP contribution in [0.25, 0.3) is 56.4 Å². The number of para-hydroxylation sites is 2. The van der Waals surface area contributed by atoms with Gasteiger partial charge in [0.05, 0.1) is 11.6 Å². The Kier molecular flexibility index (Phi) is 8.91. The van der Waals surface area contributed by atoms with Crippen LogP contribution in [-0.2, 0) is 0 Å². The average molecular weight is 763 g/mol. The first kappa shape index (κ1) is 34.9. The van der Waals surface area contributed by atoms with Crippen LogP contribution in [-0.4, -0.2) is 15.0 Å². The summed E-state index contributed by atoms with van der Waals surface area (Å²) in [4.78, 5) is 19.5. The van der Waals surface area contributed by atoms with Crippen molar-refractivity contribution in [1.82, 2.24) is 15.0 Å². The van der Waals surface area contributed by atoms with Crippen molar-refractivity contribution in [3.05, 3.63) is 212 Å². The van der Waals surface area contributed by atoms with Crippen molar-refractivity contribution in [2.24, 2.45) is 0 Å². The van der Waals surface area contributed by atoms with Crippen LogP contribution in [0.3, 0.4) is 0 Å². The third-order valence-electron chi connectivity index (χ3n) is 10.4. The van der Waals surface area contributed by atoms with E-state index in [4.69, 9.17) is 19.7 Å². The molecule has 2 heterocycles. The first-order chi connectivity index (χ1) is 28.7. The van der Waals surface area contributed by atoms with Crippen molar-refractivity contribution in [2.45, 2.75) is 19.6 Å². The highest BCUT2D eigenvalue weighted by atomic mass is 32.3. The average Bonchev–Trinajstić information content (AvgIpc) is 3.31. The van der Waals surface area contributed by atoms with E-state index in [0.29, 0.717) is 23.0 Å². The maximum absolute atomic E-state index is 10.4. The molecular formula is C52H34N4OS. The van der Waals surface area contributed by atoms with Crippen molar-refractivity contribution in [3.63, 3.8) is 0 Å². The van der Waals surface area contributed by atoms with Crippen molar-refractivity contribution in [2.75, 3.05) is 0 Å². The molecule has 0 saturated heterocycles. The van der Waals surface area contributed by atoms with Gasteiger partial charge in [-0.15, -0.1) is 10.0 Å². The molecule has 0 amide bonds. The number of nitrogens with zero attached hydrogens (tertiary/aromatic N) is 4. The smallest absolute Gasteiger partial charge is 0.164 e. The molecule has 274 valence electrons. The molecule has 0 atom stereocenters. The minimum atomic E-state index is -1.97. The standard InChI is InChI=1S/C52H34N4OS/c53-35-36-31-41(39-21-15-22-40(33-39)52-55-50(37-17-5-1-6-18-37)54-51(56-52)38-19-7-2-8-20-38)34-42(32-36)45-27-16-30-48-49(45)57-46-28-13-14-29-47(46)58(48,43-23-9-3-10-24-43)44-25-11-4-12-26-44/h1-34H. The molecule has 0 bridgehead atoms. The van der Waals surface area contributed by atoms with E-state index in [1.165, 1.54) is 9.79 Å². The molecule has 6 heteroatoms. The highest BCUT2D eigenvalue weighted by molar-refractivity contribution is 8.34. The highest BCUT2D eigenvalue weighted by Crippen LogP contribution is 2.79. The van der Waals surface area contributed by atoms with Gasteiger partial charge < -0.3 is 4.74 Å². The summed E-state index contributed by atoms with van der Waals surface area (Å²) in [6.07, 6.45) is 0. The van der Waals surface area contributed by atoms with Gasteiger partial charge in [-0.05, 0) is 83.4 Å². The molecule has 8 aromatic carbocycles. The van der Waals surface area contributed by atoms with Gasteiger partial charge in [0.2, 0.25) is 0 Å². The van der Waals surface area contributed by atoms with Gasteiger partial charge in [-0.25, -0.2) is 15.0 Å². The zero-order chi connectivity index (χ0) is 38.9. The minimum Gasteiger partial charge on any atom is -0.454 e. The summed E-state index contributed by atoms with van der Waals surface area (Å²) >= 11 is 0. The fourth-order valence-electron chi connectivity index (χ4n) is 7.79. The van der Waals surface area contributed by atoms with Crippen molar-refractivity contribution < 1.29 is 4.74 Å². The van der Waals surface area contributed by atoms with Crippen molar-refractivity contribution in [1.29, 1.82) is 5.26 Å². The third kappa shape index (κ3) is 6.11. The maximum Gasteiger partial charge on any atom is 0.164 e. The molecule has 1 aliphatic rings. The zero-order valence-corrected chi connectivity index (χ0v) is 32.1. The number of fused-ring (bicyclic) bond motifs is 2. The third-order valence-corrected chi connectivity index (χ3v) is 14.4. The van der Waals surface area contributed by atoms with Gasteiger partial charge in [-0.2, -0.15) is 5.26 Å². The van der Waals surface area contributed by atoms with Gasteiger partial charge in [-0.3, -0.25) is 0 Å². The molecule has 58 heavy (non-hydrogen) atoms. The summed E-state index contributed by atoms with van der Waals surface area (Å²) in [5.41, 5.74) is 6.85. The van der Waals surface area contributed by atoms with Crippen LogP contribution in [0.1, 0.15) is 5.56 Å². The molecule has 0 fully saturated rings. The Morgan fingerprint density at radius 2 is 0.862 bits per heavy atom. The van der Waals surface area contributed by atoms with Gasteiger partial charge in [0, 0.05) is 41.8 Å². The quantitative estimate of drug-likeness (QED) is 0.162. The maximum atomic E-state index is 10.4. The van der Waals surface area contributed by atoms with Gasteiger partial charge in [0.1, 0.15) is 11.5 Å². The fourth-order valence-corrected chi connectivity index (χ4v) is 11.9. The lowest BCUT2D eigenvalue weighted by molar-refractivity contribution is 0.454. The van der Waals surface area contributed by atoms with Crippen LogP contribution < -0.4 is 4.74 Å². The van der Waals surface area contributed by atoms with Gasteiger partial charge >= 0.3 is 0 Å². The summed E-state index contributed by atoms with van der Waals surface area (Å²) in [6, 6.07) is 73.0. The normalized spacial score (nSPS) is 12.9. The molecule has 0 aliphatic carbocycles. The number of benzene rings is 8. The van der Waals surface area contributed by atoms with Crippen LogP contribution in [0.5, 0.6) is 11.5 Å². The molecule has 1 aromatic heterocycles. The summed E-state index contributed by atoms with van der Waals surface area (Å²) in [7, 11) is -1.97. The molecule has 5 nitrogen and oxygen atoms in total. The van der Waals surface area contributed by atoms with Crippen LogP contribution in [0.4, 0.5) is 0 Å². The van der Waals surface area contributed by atoms with Gasteiger partial charge in [-0.1, -0.05) is 140 Å². The van der Waals surface area contributed by atoms with Crippen molar-refractivity contribution in [3.8, 4) is 74.0 Å². The van der Waals surface area contributed by atoms with Crippen molar-refractivity contribution >= 4 is 10.0 Å². The molecule has 1 aliphatic heterocycles. The number of ether oxygens (including phenoxy) is 1. The molecule has 0 radical (unpaired) electrons. The Morgan fingerprint density at radius 1 is 0.397 bits per heavy atom. The first-order valence-corrected chi connectivity index (χ1v) is 20.7. The van der Waals surface area contributed by atoms with Crippen LogP contribution in [0.2, 0.25) is 0 Å². The second-order valence-electron chi connectivity index (χ2n) is 14.0. The van der Waals surface area contributed by atoms with E-state index in [0.717, 1.165) is 60.2 Å². The minimum absolute atomic E-state index is 0.550. The largest absolute Gasteiger partial charge is 0.454 e. The molecule has 9 aromatic rings. The van der Waals surface area contributed by atoms with E-state index in [1.54, 1.807) is 0 Å². The monoisotopic (exact) mass is 762 g/mol. The van der Waals surface area contributed by atoms with Crippen LogP contribution in [0.15, 0.2) is 226 Å². The van der Waals surface area contributed by atoms with Crippen LogP contribution in [0, 0.1) is 11.3 Å². The number of hydrogen-bond acceptors (Lipinski definition) is 5. The second-order valence-corrected chi connectivity index (χ2v) is 17.0. The SMILES string of the molecule is N#Cc1cc(-c2cccc(-c3nc(-c4ccccc4)nc(-c4ccccc4)n3)c2)cc(-c2cccc3c2Oc2ccccc2S3(c2ccccc2)c2ccccc2)c1. The van der Waals surface area contributed by atoms with E-state index >= 15 is 0 Å². The number of aromatic nitrogens is 3. The predicted octanol–water partition coefficient (Wildman–Crippen LogP) is 13.5. The molecule has 0 saturated carbocycles. The first-order valence-electron chi connectivity index (χ1n) is 19.1. The summed E-state index contributed by atoms with van der Waals surface area (Å²) in [5, 5.41) is 10.4. The van der Waals surface area contributed by atoms with E-state index in [1.807, 2.05) is 91.0 Å². The lowest BCUT2D eigenvalue weighted by atomic mass is 9.95. The Morgan fingerprint density at radius 3 is 1.48 bits per heavy atom. The predicted molar refractivity (Wildman–Crippen MR) is 232 cm³/mol. The fraction of sp³-hybridized carbons (Fsp3) is 0. The summed E-state index contributed by atoms with van der Waals surface area (Å²) in [5.74, 6) is 3.39. The Hall–Kier alpha value is -7.59. The Bertz CT molecular complexity index is 2890. The molecule has 0 unspecified atom stereocenters. The molecular weight excluding hydrogens is 729 g/mol. The Balaban J connectivity index is 1.13. The van der Waals surface area contributed by atoms with Gasteiger partial charge in [0.25, 0.3) is 0 Å². The number of nitriles is 1. The van der Waals surface area contributed by atoms with E-state index in [-0.39, 0.29) is 0 Å². The van der Waals surface area contributed by atoms with E-state index in [9.17, 15) is 5.26 Å². The zero-order valence-electron chi connectivity index (χ0n) is 31.2. The molecule has 0 N–H and O–H groups in total. The summed E-state index contributed by atoms with van der Waals surface area (Å²) in [6.45, 7) is 0. The van der Waals surface area contributed by atoms with E-state index < -0.39 is 10.0 Å². The number of rotatable bonds is 7. The molecule has 10 rings (SSSR count). The number of hydrogen-bond donors (Lipinski definition) is 0. The van der Waals surface area contributed by atoms with Crippen LogP contribution >= 0.6 is 10.0 Å². The van der Waals surface area contributed by atoms with Gasteiger partial charge in [0.15, 0.2) is 17.5 Å².